The molecule has 1 fully saturated rings. The summed E-state index contributed by atoms with van der Waals surface area (Å²) in [5.41, 5.74) is 2.23. The second-order valence-electron chi connectivity index (χ2n) is 5.34. The van der Waals surface area contributed by atoms with Gasteiger partial charge < -0.3 is 15.1 Å². The van der Waals surface area contributed by atoms with Crippen LogP contribution in [-0.2, 0) is 6.42 Å². The van der Waals surface area contributed by atoms with E-state index in [0.717, 1.165) is 18.4 Å². The molecule has 2 aliphatic rings. The molecular weight excluding hydrogens is 214 g/mol. The predicted octanol–water partition coefficient (Wildman–Crippen LogP) is 2.22. The van der Waals surface area contributed by atoms with Crippen LogP contribution in [0.15, 0.2) is 12.1 Å². The molecule has 3 nitrogen and oxygen atoms in total. The van der Waals surface area contributed by atoms with Gasteiger partial charge in [0.25, 0.3) is 0 Å². The van der Waals surface area contributed by atoms with Crippen LogP contribution in [0.4, 0.5) is 0 Å². The van der Waals surface area contributed by atoms with Crippen molar-refractivity contribution in [2.45, 2.75) is 37.6 Å². The summed E-state index contributed by atoms with van der Waals surface area (Å²) < 4.78 is 0. The lowest BCUT2D eigenvalue weighted by molar-refractivity contribution is 0.143. The van der Waals surface area contributed by atoms with E-state index >= 15 is 0 Å². The topological polar surface area (TPSA) is 43.7 Å². The molecule has 0 radical (unpaired) electrons. The zero-order valence-electron chi connectivity index (χ0n) is 10.2. The van der Waals surface area contributed by atoms with E-state index in [9.17, 15) is 10.2 Å². The van der Waals surface area contributed by atoms with Gasteiger partial charge in [-0.15, -0.1) is 0 Å². The molecule has 0 aromatic heterocycles. The first-order valence-electron chi connectivity index (χ1n) is 6.42. The minimum atomic E-state index is 0.0198. The maximum absolute atomic E-state index is 9.94. The van der Waals surface area contributed by atoms with Crippen molar-refractivity contribution in [3.8, 4) is 11.5 Å². The number of hydrogen-bond acceptors (Lipinski definition) is 3. The largest absolute Gasteiger partial charge is 0.504 e. The van der Waals surface area contributed by atoms with E-state index < -0.39 is 0 Å². The van der Waals surface area contributed by atoms with Gasteiger partial charge in [0.15, 0.2) is 11.5 Å². The van der Waals surface area contributed by atoms with Crippen LogP contribution >= 0.6 is 0 Å². The molecule has 0 amide bonds. The van der Waals surface area contributed by atoms with Crippen LogP contribution in [0.1, 0.15) is 36.3 Å². The number of benzene rings is 1. The van der Waals surface area contributed by atoms with Crippen molar-refractivity contribution in [2.75, 3.05) is 13.6 Å². The number of phenolic OH excluding ortho intramolecular Hbond substituents is 2. The molecule has 92 valence electrons. The summed E-state index contributed by atoms with van der Waals surface area (Å²) >= 11 is 0. The molecule has 1 aliphatic carbocycles. The molecule has 3 rings (SSSR count). The van der Waals surface area contributed by atoms with Gasteiger partial charge in [0.1, 0.15) is 0 Å². The fourth-order valence-electron chi connectivity index (χ4n) is 3.55. The molecule has 1 saturated heterocycles. The summed E-state index contributed by atoms with van der Waals surface area (Å²) in [6.07, 6.45) is 4.39. The Bertz CT molecular complexity index is 444. The summed E-state index contributed by atoms with van der Waals surface area (Å²) in [6, 6.07) is 4.24. The average Bonchev–Trinajstić information content (AvgIpc) is 2.34. The SMILES string of the molecule is CN1CCC[C@H]2c3ccc(O)c(O)c3CCC21. The molecule has 2 N–H and O–H groups in total. The van der Waals surface area contributed by atoms with Crippen LogP contribution in [-0.4, -0.2) is 34.7 Å². The molecule has 2 atom stereocenters. The van der Waals surface area contributed by atoms with E-state index in [1.165, 1.54) is 24.9 Å². The zero-order chi connectivity index (χ0) is 12.0. The van der Waals surface area contributed by atoms with E-state index in [-0.39, 0.29) is 11.5 Å². The summed E-state index contributed by atoms with van der Waals surface area (Å²) in [6.45, 7) is 1.18. The lowest BCUT2D eigenvalue weighted by Gasteiger charge is -2.43. The Balaban J connectivity index is 2.05. The van der Waals surface area contributed by atoms with Gasteiger partial charge in [-0.3, -0.25) is 0 Å². The number of piperidine rings is 1. The lowest BCUT2D eigenvalue weighted by Crippen LogP contribution is -2.43. The number of fused-ring (bicyclic) bond motifs is 3. The van der Waals surface area contributed by atoms with E-state index in [4.69, 9.17) is 0 Å². The number of likely N-dealkylation sites (tertiary alicyclic amines) is 1. The number of likely N-dealkylation sites (N-methyl/N-ethyl adjacent to an activating group) is 1. The van der Waals surface area contributed by atoms with Crippen LogP contribution in [0.2, 0.25) is 0 Å². The quantitative estimate of drug-likeness (QED) is 0.675. The van der Waals surface area contributed by atoms with Gasteiger partial charge in [0, 0.05) is 11.6 Å². The lowest BCUT2D eigenvalue weighted by atomic mass is 9.74. The van der Waals surface area contributed by atoms with Gasteiger partial charge in [-0.1, -0.05) is 6.07 Å². The molecule has 1 aliphatic heterocycles. The second kappa shape index (κ2) is 3.91. The van der Waals surface area contributed by atoms with E-state index in [1.54, 1.807) is 6.07 Å². The number of nitrogens with zero attached hydrogens (tertiary/aromatic N) is 1. The van der Waals surface area contributed by atoms with E-state index in [0.29, 0.717) is 12.0 Å². The van der Waals surface area contributed by atoms with Crippen molar-refractivity contribution < 1.29 is 10.2 Å². The smallest absolute Gasteiger partial charge is 0.160 e. The summed E-state index contributed by atoms with van der Waals surface area (Å²) in [5.74, 6) is 0.657. The number of aromatic hydroxyl groups is 2. The van der Waals surface area contributed by atoms with Crippen LogP contribution in [0.5, 0.6) is 11.5 Å². The van der Waals surface area contributed by atoms with Gasteiger partial charge >= 0.3 is 0 Å². The van der Waals surface area contributed by atoms with Gasteiger partial charge in [0.05, 0.1) is 0 Å². The minimum Gasteiger partial charge on any atom is -0.504 e. The first-order chi connectivity index (χ1) is 8.18. The Morgan fingerprint density at radius 3 is 2.88 bits per heavy atom. The van der Waals surface area contributed by atoms with Crippen LogP contribution < -0.4 is 0 Å². The standard InChI is InChI=1S/C14H19NO2/c1-15-8-2-3-10-9-5-7-13(16)14(17)11(9)4-6-12(10)15/h5,7,10,12,16-17H,2-4,6,8H2,1H3/t10-,12?/m0/s1. The monoisotopic (exact) mass is 233 g/mol. The van der Waals surface area contributed by atoms with Gasteiger partial charge in [-0.2, -0.15) is 0 Å². The predicted molar refractivity (Wildman–Crippen MR) is 66.5 cm³/mol. The van der Waals surface area contributed by atoms with E-state index in [2.05, 4.69) is 11.9 Å². The van der Waals surface area contributed by atoms with Crippen LogP contribution in [0, 0.1) is 0 Å². The zero-order valence-corrected chi connectivity index (χ0v) is 10.2. The number of hydrogen-bond donors (Lipinski definition) is 2. The van der Waals surface area contributed by atoms with Gasteiger partial charge in [-0.05, 0) is 56.8 Å². The Hall–Kier alpha value is -1.22. The van der Waals surface area contributed by atoms with Crippen molar-refractivity contribution in [2.24, 2.45) is 0 Å². The summed E-state index contributed by atoms with van der Waals surface area (Å²) in [7, 11) is 2.20. The molecule has 17 heavy (non-hydrogen) atoms. The first-order valence-corrected chi connectivity index (χ1v) is 6.42. The maximum Gasteiger partial charge on any atom is 0.160 e. The molecule has 1 heterocycles. The minimum absolute atomic E-state index is 0.0198. The van der Waals surface area contributed by atoms with Crippen molar-refractivity contribution in [3.63, 3.8) is 0 Å². The molecule has 1 unspecified atom stereocenters. The second-order valence-corrected chi connectivity index (χ2v) is 5.34. The fraction of sp³-hybridized carbons (Fsp3) is 0.571. The first kappa shape index (κ1) is 10.9. The van der Waals surface area contributed by atoms with Crippen molar-refractivity contribution >= 4 is 0 Å². The third kappa shape index (κ3) is 1.61. The Labute approximate surface area is 102 Å². The third-order valence-corrected chi connectivity index (χ3v) is 4.44. The molecule has 0 spiro atoms. The number of rotatable bonds is 0. The normalized spacial score (nSPS) is 28.5. The summed E-state index contributed by atoms with van der Waals surface area (Å²) in [5, 5.41) is 19.5. The van der Waals surface area contributed by atoms with Crippen molar-refractivity contribution in [1.29, 1.82) is 0 Å². The average molecular weight is 233 g/mol. The van der Waals surface area contributed by atoms with E-state index in [1.807, 2.05) is 6.07 Å². The molecular formula is C14H19NO2. The highest BCUT2D eigenvalue weighted by atomic mass is 16.3. The highest BCUT2D eigenvalue weighted by Gasteiger charge is 2.35. The van der Waals surface area contributed by atoms with Crippen molar-refractivity contribution in [1.82, 2.24) is 4.90 Å². The Kier molecular flexibility index (Phi) is 2.51. The summed E-state index contributed by atoms with van der Waals surface area (Å²) in [4.78, 5) is 2.45. The maximum atomic E-state index is 9.94. The van der Waals surface area contributed by atoms with Crippen molar-refractivity contribution in [3.05, 3.63) is 23.3 Å². The highest BCUT2D eigenvalue weighted by molar-refractivity contribution is 5.51. The van der Waals surface area contributed by atoms with Crippen LogP contribution in [0.3, 0.4) is 0 Å². The molecule has 0 bridgehead atoms. The Morgan fingerprint density at radius 1 is 1.24 bits per heavy atom. The Morgan fingerprint density at radius 2 is 2.06 bits per heavy atom. The van der Waals surface area contributed by atoms with Crippen LogP contribution in [0.25, 0.3) is 0 Å². The molecule has 1 aromatic carbocycles. The van der Waals surface area contributed by atoms with Gasteiger partial charge in [0.2, 0.25) is 0 Å². The number of phenols is 2. The molecule has 0 saturated carbocycles. The highest BCUT2D eigenvalue weighted by Crippen LogP contribution is 2.45. The third-order valence-electron chi connectivity index (χ3n) is 4.44. The molecule has 3 heteroatoms. The van der Waals surface area contributed by atoms with Gasteiger partial charge in [-0.25, -0.2) is 0 Å². The fourth-order valence-corrected chi connectivity index (χ4v) is 3.55. The molecule has 1 aromatic rings.